The number of aliphatic hydroxyl groups excluding tert-OH is 1. The molecule has 0 atom stereocenters. The molecule has 3 rings (SSSR count). The van der Waals surface area contributed by atoms with Crippen molar-refractivity contribution in [2.45, 2.75) is 25.6 Å². The minimum Gasteiger partial charge on any atom is -0.488 e. The minimum absolute atomic E-state index is 0.00265. The number of aliphatic hydroxyl groups is 1. The molecule has 1 aromatic heterocycles. The van der Waals surface area contributed by atoms with E-state index in [2.05, 4.69) is 4.98 Å². The van der Waals surface area contributed by atoms with Gasteiger partial charge in [-0.1, -0.05) is 18.2 Å². The van der Waals surface area contributed by atoms with Crippen LogP contribution in [-0.2, 0) is 19.2 Å². The summed E-state index contributed by atoms with van der Waals surface area (Å²) in [6.45, 7) is 0.153. The van der Waals surface area contributed by atoms with Gasteiger partial charge in [0.1, 0.15) is 23.2 Å². The van der Waals surface area contributed by atoms with Gasteiger partial charge in [-0.2, -0.15) is 13.2 Å². The molecule has 1 heterocycles. The first-order valence-electron chi connectivity index (χ1n) is 8.52. The molecule has 0 radical (unpaired) electrons. The molecular weight excluding hydrogens is 394 g/mol. The number of benzene rings is 2. The second kappa shape index (κ2) is 8.70. The Morgan fingerprint density at radius 2 is 1.82 bits per heavy atom. The zero-order valence-corrected chi connectivity index (χ0v) is 15.5. The third kappa shape index (κ3) is 5.08. The van der Waals surface area contributed by atoms with Crippen molar-refractivity contribution in [2.75, 3.05) is 6.61 Å². The highest BCUT2D eigenvalue weighted by atomic mass is 32.1. The third-order valence-electron chi connectivity index (χ3n) is 3.98. The van der Waals surface area contributed by atoms with Gasteiger partial charge in [-0.25, -0.2) is 9.37 Å². The maximum Gasteiger partial charge on any atom is 0.416 e. The Kier molecular flexibility index (Phi) is 6.31. The lowest BCUT2D eigenvalue weighted by Crippen LogP contribution is -2.03. The fourth-order valence-corrected chi connectivity index (χ4v) is 3.60. The molecule has 3 nitrogen and oxygen atoms in total. The molecule has 28 heavy (non-hydrogen) atoms. The van der Waals surface area contributed by atoms with Gasteiger partial charge in [0.25, 0.3) is 0 Å². The van der Waals surface area contributed by atoms with Crippen molar-refractivity contribution in [3.8, 4) is 16.3 Å². The lowest BCUT2D eigenvalue weighted by molar-refractivity contribution is -0.137. The zero-order valence-electron chi connectivity index (χ0n) is 14.7. The molecule has 1 N–H and O–H groups in total. The molecule has 0 bridgehead atoms. The van der Waals surface area contributed by atoms with Crippen molar-refractivity contribution in [3.63, 3.8) is 0 Å². The van der Waals surface area contributed by atoms with Gasteiger partial charge in [0.2, 0.25) is 0 Å². The van der Waals surface area contributed by atoms with Crippen molar-refractivity contribution in [1.29, 1.82) is 0 Å². The van der Waals surface area contributed by atoms with E-state index in [0.29, 0.717) is 34.9 Å². The summed E-state index contributed by atoms with van der Waals surface area (Å²) in [5.41, 5.74) is 0.563. The van der Waals surface area contributed by atoms with Gasteiger partial charge in [0, 0.05) is 18.2 Å². The molecule has 148 valence electrons. The van der Waals surface area contributed by atoms with Crippen LogP contribution in [0.5, 0.6) is 5.75 Å². The number of aromatic nitrogens is 1. The van der Waals surface area contributed by atoms with Crippen molar-refractivity contribution >= 4 is 11.3 Å². The van der Waals surface area contributed by atoms with E-state index in [-0.39, 0.29) is 13.2 Å². The molecule has 0 amide bonds. The summed E-state index contributed by atoms with van der Waals surface area (Å²) in [5, 5.41) is 9.65. The van der Waals surface area contributed by atoms with Crippen molar-refractivity contribution in [1.82, 2.24) is 4.98 Å². The van der Waals surface area contributed by atoms with Crippen LogP contribution in [0.25, 0.3) is 10.6 Å². The molecule has 0 aliphatic carbocycles. The second-order valence-electron chi connectivity index (χ2n) is 6.04. The number of aryl methyl sites for hydroxylation is 1. The van der Waals surface area contributed by atoms with Gasteiger partial charge in [0.15, 0.2) is 0 Å². The first-order chi connectivity index (χ1) is 13.4. The van der Waals surface area contributed by atoms with Gasteiger partial charge in [0.05, 0.1) is 16.1 Å². The van der Waals surface area contributed by atoms with E-state index < -0.39 is 17.6 Å². The maximum absolute atomic E-state index is 13.3. The Hall–Kier alpha value is -2.45. The maximum atomic E-state index is 13.3. The number of rotatable bonds is 7. The highest BCUT2D eigenvalue weighted by molar-refractivity contribution is 7.15. The molecule has 3 aromatic rings. The number of thiazole rings is 1. The molecule has 0 fully saturated rings. The van der Waals surface area contributed by atoms with Gasteiger partial charge in [-0.3, -0.25) is 0 Å². The minimum atomic E-state index is -4.39. The first kappa shape index (κ1) is 20.3. The molecule has 0 spiro atoms. The van der Waals surface area contributed by atoms with Gasteiger partial charge < -0.3 is 9.84 Å². The van der Waals surface area contributed by atoms with E-state index in [1.54, 1.807) is 6.07 Å². The number of nitrogens with zero attached hydrogens (tertiary/aromatic N) is 1. The molecule has 2 aromatic carbocycles. The highest BCUT2D eigenvalue weighted by Gasteiger charge is 2.30. The van der Waals surface area contributed by atoms with E-state index in [9.17, 15) is 17.6 Å². The summed E-state index contributed by atoms with van der Waals surface area (Å²) in [6, 6.07) is 10.6. The smallest absolute Gasteiger partial charge is 0.416 e. The van der Waals surface area contributed by atoms with Crippen LogP contribution in [0, 0.1) is 5.82 Å². The normalized spacial score (nSPS) is 11.6. The standard InChI is InChI=1S/C20H17F4NO2S/c21-15-3-1-4-16(11-15)27-12-18-17(5-2-10-26)25-19(28-18)13-6-8-14(9-7-13)20(22,23)24/h1,3-4,6-9,11,26H,2,5,10,12H2. The molecule has 0 saturated carbocycles. The van der Waals surface area contributed by atoms with Crippen LogP contribution in [0.4, 0.5) is 17.6 Å². The average molecular weight is 411 g/mol. The van der Waals surface area contributed by atoms with E-state index in [4.69, 9.17) is 9.84 Å². The Labute approximate surface area is 163 Å². The molecule has 0 saturated heterocycles. The predicted molar refractivity (Wildman–Crippen MR) is 98.7 cm³/mol. The van der Waals surface area contributed by atoms with Crippen molar-refractivity contribution in [2.24, 2.45) is 0 Å². The zero-order chi connectivity index (χ0) is 20.1. The van der Waals surface area contributed by atoms with E-state index in [1.165, 1.54) is 41.7 Å². The number of hydrogen-bond acceptors (Lipinski definition) is 4. The summed E-state index contributed by atoms with van der Waals surface area (Å²) in [5.74, 6) is -0.0367. The van der Waals surface area contributed by atoms with Gasteiger partial charge in [-0.15, -0.1) is 11.3 Å². The van der Waals surface area contributed by atoms with Crippen LogP contribution in [0.2, 0.25) is 0 Å². The number of alkyl halides is 3. The summed E-state index contributed by atoms with van der Waals surface area (Å²) >= 11 is 1.31. The van der Waals surface area contributed by atoms with Crippen LogP contribution in [0.15, 0.2) is 48.5 Å². The topological polar surface area (TPSA) is 42.4 Å². The van der Waals surface area contributed by atoms with E-state index >= 15 is 0 Å². The molecule has 0 aliphatic rings. The lowest BCUT2D eigenvalue weighted by Gasteiger charge is -2.06. The summed E-state index contributed by atoms with van der Waals surface area (Å²) in [4.78, 5) is 5.30. The quantitative estimate of drug-likeness (QED) is 0.524. The average Bonchev–Trinajstić information content (AvgIpc) is 3.07. The SMILES string of the molecule is OCCCc1nc(-c2ccc(C(F)(F)F)cc2)sc1COc1cccc(F)c1. The van der Waals surface area contributed by atoms with Crippen LogP contribution in [0.3, 0.4) is 0 Å². The monoisotopic (exact) mass is 411 g/mol. The fourth-order valence-electron chi connectivity index (χ4n) is 2.57. The lowest BCUT2D eigenvalue weighted by atomic mass is 10.1. The van der Waals surface area contributed by atoms with E-state index in [0.717, 1.165) is 17.0 Å². The van der Waals surface area contributed by atoms with Crippen LogP contribution in [-0.4, -0.2) is 16.7 Å². The van der Waals surface area contributed by atoms with Crippen LogP contribution >= 0.6 is 11.3 Å². The summed E-state index contributed by atoms with van der Waals surface area (Å²) < 4.78 is 57.1. The summed E-state index contributed by atoms with van der Waals surface area (Å²) in [7, 11) is 0. The second-order valence-corrected chi connectivity index (χ2v) is 7.12. The Morgan fingerprint density at radius 1 is 1.07 bits per heavy atom. The Bertz CT molecular complexity index is 923. The summed E-state index contributed by atoms with van der Waals surface area (Å²) in [6.07, 6.45) is -3.38. The molecule has 0 aliphatic heterocycles. The highest BCUT2D eigenvalue weighted by Crippen LogP contribution is 2.33. The molecular formula is C20H17F4NO2S. The number of hydrogen-bond donors (Lipinski definition) is 1. The molecule has 0 unspecified atom stereocenters. The van der Waals surface area contributed by atoms with Crippen molar-refractivity contribution in [3.05, 3.63) is 70.5 Å². The number of ether oxygens (including phenoxy) is 1. The molecule has 8 heteroatoms. The predicted octanol–water partition coefficient (Wildman–Crippen LogP) is 5.47. The van der Waals surface area contributed by atoms with Gasteiger partial charge >= 0.3 is 6.18 Å². The first-order valence-corrected chi connectivity index (χ1v) is 9.34. The third-order valence-corrected chi connectivity index (χ3v) is 5.10. The van der Waals surface area contributed by atoms with Gasteiger partial charge in [-0.05, 0) is 37.1 Å². The van der Waals surface area contributed by atoms with Crippen LogP contribution in [0.1, 0.15) is 22.6 Å². The Morgan fingerprint density at radius 3 is 2.46 bits per heavy atom. The Balaban J connectivity index is 1.82. The number of halogens is 4. The van der Waals surface area contributed by atoms with Crippen molar-refractivity contribution < 1.29 is 27.4 Å². The van der Waals surface area contributed by atoms with E-state index in [1.807, 2.05) is 0 Å². The fraction of sp³-hybridized carbons (Fsp3) is 0.250. The van der Waals surface area contributed by atoms with Crippen LogP contribution < -0.4 is 4.74 Å². The largest absolute Gasteiger partial charge is 0.488 e.